The molecule has 1 saturated heterocycles. The van der Waals surface area contributed by atoms with Gasteiger partial charge in [-0.1, -0.05) is 18.2 Å². The van der Waals surface area contributed by atoms with Crippen molar-refractivity contribution in [3.63, 3.8) is 0 Å². The molecule has 2 aliphatic heterocycles. The molecule has 1 unspecified atom stereocenters. The molecule has 1 saturated carbocycles. The van der Waals surface area contributed by atoms with Gasteiger partial charge in [-0.3, -0.25) is 9.89 Å². The van der Waals surface area contributed by atoms with Crippen molar-refractivity contribution < 1.29 is 21.9 Å². The average Bonchev–Trinajstić information content (AvgIpc) is 3.60. The molecule has 0 amide bonds. The van der Waals surface area contributed by atoms with E-state index in [0.29, 0.717) is 28.5 Å². The molecule has 3 aliphatic rings. The molecule has 6 rings (SSSR count). The van der Waals surface area contributed by atoms with Crippen LogP contribution in [0.1, 0.15) is 42.7 Å². The Kier molecular flexibility index (Phi) is 6.88. The maximum atomic E-state index is 13.6. The van der Waals surface area contributed by atoms with Crippen molar-refractivity contribution in [2.45, 2.75) is 55.0 Å². The van der Waals surface area contributed by atoms with E-state index < -0.39 is 22.5 Å². The van der Waals surface area contributed by atoms with E-state index in [2.05, 4.69) is 14.9 Å². The van der Waals surface area contributed by atoms with Crippen LogP contribution >= 0.6 is 0 Å². The minimum absolute atomic E-state index is 0.135. The molecule has 2 aromatic heterocycles. The Balaban J connectivity index is 1.36. The number of fused-ring (bicyclic) bond motifs is 1. The molecule has 2 fully saturated rings. The van der Waals surface area contributed by atoms with E-state index >= 15 is 0 Å². The van der Waals surface area contributed by atoms with Crippen molar-refractivity contribution in [2.24, 2.45) is 4.99 Å². The fraction of sp³-hybridized carbons (Fsp3) is 0.429. The van der Waals surface area contributed by atoms with E-state index in [-0.39, 0.29) is 10.5 Å². The highest BCUT2D eigenvalue weighted by atomic mass is 32.2. The maximum absolute atomic E-state index is 13.6. The number of allylic oxidation sites excluding steroid dienone is 1. The molecule has 0 spiro atoms. The minimum Gasteiger partial charge on any atom is -0.379 e. The molecule has 4 heterocycles. The van der Waals surface area contributed by atoms with Crippen LogP contribution in [0.3, 0.4) is 0 Å². The predicted molar refractivity (Wildman–Crippen MR) is 142 cm³/mol. The number of ether oxygens (including phenoxy) is 1. The maximum Gasteiger partial charge on any atom is 0.269 e. The lowest BCUT2D eigenvalue weighted by molar-refractivity contribution is 0.00729. The fourth-order valence-electron chi connectivity index (χ4n) is 5.89. The first kappa shape index (κ1) is 25.3. The van der Waals surface area contributed by atoms with Crippen molar-refractivity contribution >= 4 is 32.8 Å². The van der Waals surface area contributed by atoms with Crippen LogP contribution in [0.25, 0.3) is 16.6 Å². The van der Waals surface area contributed by atoms with Crippen LogP contribution in [-0.4, -0.2) is 73.3 Å². The quantitative estimate of drug-likeness (QED) is 0.452. The molecule has 3 aromatic rings. The van der Waals surface area contributed by atoms with Gasteiger partial charge < -0.3 is 4.74 Å². The Labute approximate surface area is 220 Å². The van der Waals surface area contributed by atoms with E-state index in [1.165, 1.54) is 30.6 Å². The number of morpholine rings is 1. The molecule has 1 aromatic carbocycles. The second-order valence-corrected chi connectivity index (χ2v) is 12.0. The summed E-state index contributed by atoms with van der Waals surface area (Å²) in [4.78, 5) is 11.2. The highest BCUT2D eigenvalue weighted by Gasteiger charge is 2.30. The number of nitrogens with zero attached hydrogens (tertiary/aromatic N) is 4. The zero-order valence-electron chi connectivity index (χ0n) is 20.9. The third-order valence-corrected chi connectivity index (χ3v) is 9.63. The smallest absolute Gasteiger partial charge is 0.269 e. The van der Waals surface area contributed by atoms with Gasteiger partial charge in [0.15, 0.2) is 5.65 Å². The standard InChI is InChI=1S/C28H30F2N4O3S/c29-27(30)26-15-21(17-31-26)25-18-34(38(35,36)23-4-2-1-3-5-23)28-24(25)14-20(16-32-28)19-6-8-22(9-7-19)33-10-12-37-13-11-33/h1-5,14-19,22,26-27H,6-13H2. The summed E-state index contributed by atoms with van der Waals surface area (Å²) in [6.07, 6.45) is 7.67. The van der Waals surface area contributed by atoms with Gasteiger partial charge in [0.2, 0.25) is 0 Å². The summed E-state index contributed by atoms with van der Waals surface area (Å²) in [7, 11) is -3.94. The van der Waals surface area contributed by atoms with Crippen LogP contribution < -0.4 is 0 Å². The molecule has 1 atom stereocenters. The fourth-order valence-corrected chi connectivity index (χ4v) is 7.23. The molecule has 0 N–H and O–H groups in total. The number of halogens is 2. The summed E-state index contributed by atoms with van der Waals surface area (Å²) in [6.45, 7) is 3.53. The van der Waals surface area contributed by atoms with Crippen LogP contribution in [0, 0.1) is 0 Å². The molecule has 0 bridgehead atoms. The highest BCUT2D eigenvalue weighted by molar-refractivity contribution is 7.90. The van der Waals surface area contributed by atoms with Crippen molar-refractivity contribution in [3.8, 4) is 0 Å². The van der Waals surface area contributed by atoms with Gasteiger partial charge in [0.05, 0.1) is 18.1 Å². The largest absolute Gasteiger partial charge is 0.379 e. The molecule has 0 radical (unpaired) electrons. The van der Waals surface area contributed by atoms with Gasteiger partial charge in [0.25, 0.3) is 16.4 Å². The third-order valence-electron chi connectivity index (χ3n) is 7.97. The SMILES string of the molecule is O=S(=O)(c1ccccc1)n1cc(C2=CC(C(F)F)N=C2)c2cc(C3CCC(N4CCOCC4)CC3)cnc21. The van der Waals surface area contributed by atoms with Gasteiger partial charge in [-0.05, 0) is 61.4 Å². The number of hydrogen-bond acceptors (Lipinski definition) is 6. The topological polar surface area (TPSA) is 76.8 Å². The Morgan fingerprint density at radius 2 is 1.76 bits per heavy atom. The number of hydrogen-bond donors (Lipinski definition) is 0. The van der Waals surface area contributed by atoms with Gasteiger partial charge in [0.1, 0.15) is 6.04 Å². The van der Waals surface area contributed by atoms with Gasteiger partial charge in [-0.15, -0.1) is 0 Å². The lowest BCUT2D eigenvalue weighted by atomic mass is 9.81. The summed E-state index contributed by atoms with van der Waals surface area (Å²) in [5, 5.41) is 0.630. The molecule has 38 heavy (non-hydrogen) atoms. The molecular formula is C28H30F2N4O3S. The summed E-state index contributed by atoms with van der Waals surface area (Å²) in [5.41, 5.74) is 2.36. The summed E-state index contributed by atoms with van der Waals surface area (Å²) in [5.74, 6) is 0.311. The molecule has 7 nitrogen and oxygen atoms in total. The number of rotatable bonds is 6. The van der Waals surface area contributed by atoms with Crippen LogP contribution in [0.2, 0.25) is 0 Å². The van der Waals surface area contributed by atoms with Crippen LogP contribution in [-0.2, 0) is 14.8 Å². The zero-order chi connectivity index (χ0) is 26.3. The Hall–Kier alpha value is -2.95. The summed E-state index contributed by atoms with van der Waals surface area (Å²) < 4.78 is 60.5. The van der Waals surface area contributed by atoms with E-state index in [1.807, 2.05) is 6.07 Å². The first-order chi connectivity index (χ1) is 18.4. The number of alkyl halides is 2. The zero-order valence-corrected chi connectivity index (χ0v) is 21.7. The predicted octanol–water partition coefficient (Wildman–Crippen LogP) is 4.73. The van der Waals surface area contributed by atoms with Crippen LogP contribution in [0.4, 0.5) is 8.78 Å². The van der Waals surface area contributed by atoms with E-state index in [9.17, 15) is 17.2 Å². The molecule has 10 heteroatoms. The van der Waals surface area contributed by atoms with Crippen LogP contribution in [0.5, 0.6) is 0 Å². The minimum atomic E-state index is -3.94. The number of aromatic nitrogens is 2. The number of benzene rings is 1. The third kappa shape index (κ3) is 4.69. The second kappa shape index (κ2) is 10.3. The first-order valence-corrected chi connectivity index (χ1v) is 14.5. The van der Waals surface area contributed by atoms with Crippen molar-refractivity contribution in [2.75, 3.05) is 26.3 Å². The van der Waals surface area contributed by atoms with Crippen molar-refractivity contribution in [1.29, 1.82) is 0 Å². The molecule has 1 aliphatic carbocycles. The monoisotopic (exact) mass is 540 g/mol. The van der Waals surface area contributed by atoms with Gasteiger partial charge in [0, 0.05) is 54.3 Å². The van der Waals surface area contributed by atoms with E-state index in [0.717, 1.165) is 61.5 Å². The van der Waals surface area contributed by atoms with E-state index in [4.69, 9.17) is 4.74 Å². The Bertz CT molecular complexity index is 1470. The second-order valence-electron chi connectivity index (χ2n) is 10.2. The lowest BCUT2D eigenvalue weighted by Gasteiger charge is -2.38. The average molecular weight is 541 g/mol. The lowest BCUT2D eigenvalue weighted by Crippen LogP contribution is -2.44. The van der Waals surface area contributed by atoms with Gasteiger partial charge in [-0.25, -0.2) is 26.2 Å². The van der Waals surface area contributed by atoms with E-state index in [1.54, 1.807) is 24.4 Å². The van der Waals surface area contributed by atoms with Crippen molar-refractivity contribution in [3.05, 3.63) is 66.0 Å². The summed E-state index contributed by atoms with van der Waals surface area (Å²) in [6, 6.07) is 9.47. The normalized spacial score (nSPS) is 24.8. The Morgan fingerprint density at radius 1 is 1.03 bits per heavy atom. The number of aliphatic imine (C=N–C) groups is 1. The first-order valence-electron chi connectivity index (χ1n) is 13.1. The van der Waals surface area contributed by atoms with Gasteiger partial charge >= 0.3 is 0 Å². The highest BCUT2D eigenvalue weighted by Crippen LogP contribution is 2.38. The number of pyridine rings is 1. The molecule has 200 valence electrons. The van der Waals surface area contributed by atoms with Crippen LogP contribution in [0.15, 0.2) is 64.8 Å². The van der Waals surface area contributed by atoms with Crippen molar-refractivity contribution in [1.82, 2.24) is 13.9 Å². The Morgan fingerprint density at radius 3 is 2.45 bits per heavy atom. The summed E-state index contributed by atoms with van der Waals surface area (Å²) >= 11 is 0. The molecular weight excluding hydrogens is 510 g/mol. The van der Waals surface area contributed by atoms with Gasteiger partial charge in [-0.2, -0.15) is 0 Å².